The third kappa shape index (κ3) is 3.14. The van der Waals surface area contributed by atoms with E-state index in [0.717, 1.165) is 11.4 Å². The van der Waals surface area contributed by atoms with Crippen LogP contribution < -0.4 is 5.32 Å². The van der Waals surface area contributed by atoms with E-state index in [1.807, 2.05) is 43.5 Å². The highest BCUT2D eigenvalue weighted by molar-refractivity contribution is 5.30. The van der Waals surface area contributed by atoms with Crippen molar-refractivity contribution < 1.29 is 4.42 Å². The lowest BCUT2D eigenvalue weighted by molar-refractivity contribution is 0.428. The van der Waals surface area contributed by atoms with Crippen LogP contribution in [0.1, 0.15) is 30.4 Å². The average Bonchev–Trinajstić information content (AvgIpc) is 3.15. The summed E-state index contributed by atoms with van der Waals surface area (Å²) in [5.74, 6) is 1.13. The van der Waals surface area contributed by atoms with Gasteiger partial charge in [0.05, 0.1) is 30.2 Å². The molecule has 1 aromatic carbocycles. The number of nitrogens with zero attached hydrogens (tertiary/aromatic N) is 5. The number of hydrogen-bond acceptors (Lipinski definition) is 6. The predicted octanol–water partition coefficient (Wildman–Crippen LogP) is 1.81. The maximum Gasteiger partial charge on any atom is 0.230 e. The van der Waals surface area contributed by atoms with Crippen LogP contribution in [-0.2, 0) is 6.54 Å². The molecule has 21 heavy (non-hydrogen) atoms. The van der Waals surface area contributed by atoms with E-state index in [9.17, 15) is 0 Å². The predicted molar refractivity (Wildman–Crippen MR) is 75.6 cm³/mol. The van der Waals surface area contributed by atoms with Crippen molar-refractivity contribution in [2.45, 2.75) is 26.4 Å². The average molecular weight is 284 g/mol. The number of rotatable bonds is 5. The van der Waals surface area contributed by atoms with Gasteiger partial charge in [0.2, 0.25) is 11.8 Å². The highest BCUT2D eigenvalue weighted by Crippen LogP contribution is 2.12. The first-order valence-corrected chi connectivity index (χ1v) is 6.72. The van der Waals surface area contributed by atoms with Crippen LogP contribution in [0.5, 0.6) is 0 Å². The van der Waals surface area contributed by atoms with Crippen LogP contribution in [0.25, 0.3) is 5.69 Å². The molecule has 0 bridgehead atoms. The zero-order chi connectivity index (χ0) is 14.7. The second-order valence-electron chi connectivity index (χ2n) is 4.74. The second-order valence-corrected chi connectivity index (χ2v) is 4.74. The van der Waals surface area contributed by atoms with Gasteiger partial charge in [-0.3, -0.25) is 0 Å². The van der Waals surface area contributed by atoms with E-state index >= 15 is 0 Å². The molecule has 0 radical (unpaired) electrons. The van der Waals surface area contributed by atoms with Crippen molar-refractivity contribution in [3.8, 4) is 5.69 Å². The molecule has 3 rings (SSSR count). The summed E-state index contributed by atoms with van der Waals surface area (Å²) in [7, 11) is 0. The molecule has 0 unspecified atom stereocenters. The fraction of sp³-hybridized carbons (Fsp3) is 0.286. The smallest absolute Gasteiger partial charge is 0.230 e. The molecule has 7 heteroatoms. The Hall–Kier alpha value is -2.54. The van der Waals surface area contributed by atoms with Crippen LogP contribution in [0.4, 0.5) is 0 Å². The molecule has 3 aromatic rings. The molecule has 0 aliphatic carbocycles. The number of para-hydroxylation sites is 1. The van der Waals surface area contributed by atoms with Gasteiger partial charge in [-0.15, -0.1) is 15.3 Å². The topological polar surface area (TPSA) is 81.7 Å². The molecule has 7 nitrogen and oxygen atoms in total. The monoisotopic (exact) mass is 284 g/mol. The van der Waals surface area contributed by atoms with E-state index in [1.54, 1.807) is 11.6 Å². The van der Waals surface area contributed by atoms with Crippen molar-refractivity contribution in [3.63, 3.8) is 0 Å². The number of nitrogens with one attached hydrogen (secondary N) is 1. The van der Waals surface area contributed by atoms with Crippen molar-refractivity contribution in [1.29, 1.82) is 0 Å². The van der Waals surface area contributed by atoms with Crippen LogP contribution in [-0.4, -0.2) is 25.2 Å². The SMILES string of the molecule is Cc1nnc(CN[C@@H](C)c2cn(-c3ccccc3)nn2)o1. The van der Waals surface area contributed by atoms with Crippen molar-refractivity contribution in [2.75, 3.05) is 0 Å². The molecule has 2 heterocycles. The largest absolute Gasteiger partial charge is 0.424 e. The Morgan fingerprint density at radius 1 is 1.19 bits per heavy atom. The van der Waals surface area contributed by atoms with Gasteiger partial charge in [0.15, 0.2) is 0 Å². The first kappa shape index (κ1) is 13.4. The first-order valence-electron chi connectivity index (χ1n) is 6.72. The van der Waals surface area contributed by atoms with Crippen LogP contribution in [0.3, 0.4) is 0 Å². The summed E-state index contributed by atoms with van der Waals surface area (Å²) in [6.45, 7) is 4.29. The zero-order valence-corrected chi connectivity index (χ0v) is 11.9. The maximum absolute atomic E-state index is 5.32. The molecular formula is C14H16N6O. The molecule has 0 saturated heterocycles. The highest BCUT2D eigenvalue weighted by atomic mass is 16.4. The Labute approximate surface area is 122 Å². The van der Waals surface area contributed by atoms with Crippen molar-refractivity contribution in [1.82, 2.24) is 30.5 Å². The quantitative estimate of drug-likeness (QED) is 0.769. The summed E-state index contributed by atoms with van der Waals surface area (Å²) in [5, 5.41) is 19.4. The van der Waals surface area contributed by atoms with Gasteiger partial charge in [-0.05, 0) is 19.1 Å². The Bertz CT molecular complexity index is 705. The van der Waals surface area contributed by atoms with Gasteiger partial charge in [-0.1, -0.05) is 23.4 Å². The maximum atomic E-state index is 5.32. The molecular weight excluding hydrogens is 268 g/mol. The standard InChI is InChI=1S/C14H16N6O/c1-10(15-8-14-18-16-11(2)21-14)13-9-20(19-17-13)12-6-4-3-5-7-12/h3-7,9-10,15H,8H2,1-2H3/t10-/m0/s1. The van der Waals surface area contributed by atoms with Gasteiger partial charge < -0.3 is 9.73 Å². The summed E-state index contributed by atoms with van der Waals surface area (Å²) >= 11 is 0. The Balaban J connectivity index is 1.65. The highest BCUT2D eigenvalue weighted by Gasteiger charge is 2.12. The minimum Gasteiger partial charge on any atom is -0.424 e. The third-order valence-corrected chi connectivity index (χ3v) is 3.10. The second kappa shape index (κ2) is 5.84. The molecule has 0 spiro atoms. The number of aromatic nitrogens is 5. The molecule has 108 valence electrons. The molecule has 0 aliphatic heterocycles. The number of hydrogen-bond donors (Lipinski definition) is 1. The lowest BCUT2D eigenvalue weighted by Gasteiger charge is -2.08. The van der Waals surface area contributed by atoms with Gasteiger partial charge in [-0.2, -0.15) is 0 Å². The lowest BCUT2D eigenvalue weighted by atomic mass is 10.2. The van der Waals surface area contributed by atoms with Gasteiger partial charge in [-0.25, -0.2) is 4.68 Å². The Kier molecular flexibility index (Phi) is 3.74. The van der Waals surface area contributed by atoms with E-state index < -0.39 is 0 Å². The Morgan fingerprint density at radius 2 is 2.00 bits per heavy atom. The minimum absolute atomic E-state index is 0.0367. The molecule has 1 N–H and O–H groups in total. The van der Waals surface area contributed by atoms with E-state index in [2.05, 4.69) is 25.8 Å². The van der Waals surface area contributed by atoms with Gasteiger partial charge in [0.1, 0.15) is 0 Å². The van der Waals surface area contributed by atoms with E-state index in [4.69, 9.17) is 4.42 Å². The van der Waals surface area contributed by atoms with Crippen LogP contribution in [0.15, 0.2) is 40.9 Å². The normalized spacial score (nSPS) is 12.5. The fourth-order valence-electron chi connectivity index (χ4n) is 1.94. The van der Waals surface area contributed by atoms with Crippen molar-refractivity contribution >= 4 is 0 Å². The van der Waals surface area contributed by atoms with Gasteiger partial charge in [0, 0.05) is 6.92 Å². The molecule has 2 aromatic heterocycles. The number of aryl methyl sites for hydroxylation is 1. The van der Waals surface area contributed by atoms with Gasteiger partial charge >= 0.3 is 0 Å². The van der Waals surface area contributed by atoms with E-state index in [-0.39, 0.29) is 6.04 Å². The summed E-state index contributed by atoms with van der Waals surface area (Å²) in [4.78, 5) is 0. The first-order chi connectivity index (χ1) is 10.2. The Morgan fingerprint density at radius 3 is 2.71 bits per heavy atom. The summed E-state index contributed by atoms with van der Waals surface area (Å²) in [5.41, 5.74) is 1.84. The van der Waals surface area contributed by atoms with Crippen molar-refractivity contribution in [2.24, 2.45) is 0 Å². The molecule has 0 amide bonds. The minimum atomic E-state index is 0.0367. The van der Waals surface area contributed by atoms with E-state index in [1.165, 1.54) is 0 Å². The molecule has 0 aliphatic rings. The van der Waals surface area contributed by atoms with Crippen LogP contribution in [0, 0.1) is 6.92 Å². The lowest BCUT2D eigenvalue weighted by Crippen LogP contribution is -2.18. The van der Waals surface area contributed by atoms with Gasteiger partial charge in [0.25, 0.3) is 0 Å². The zero-order valence-electron chi connectivity index (χ0n) is 11.9. The molecule has 0 saturated carbocycles. The van der Waals surface area contributed by atoms with E-state index in [0.29, 0.717) is 18.3 Å². The summed E-state index contributed by atoms with van der Waals surface area (Å²) < 4.78 is 7.07. The van der Waals surface area contributed by atoms with Crippen molar-refractivity contribution in [3.05, 3.63) is 54.0 Å². The molecule has 0 fully saturated rings. The summed E-state index contributed by atoms with van der Waals surface area (Å²) in [6.07, 6.45) is 1.91. The fourth-order valence-corrected chi connectivity index (χ4v) is 1.94. The third-order valence-electron chi connectivity index (χ3n) is 3.10. The summed E-state index contributed by atoms with van der Waals surface area (Å²) in [6, 6.07) is 9.91. The van der Waals surface area contributed by atoms with Crippen LogP contribution in [0.2, 0.25) is 0 Å². The number of benzene rings is 1. The van der Waals surface area contributed by atoms with Crippen LogP contribution >= 0.6 is 0 Å². The molecule has 1 atom stereocenters.